The number of unbranched alkanes of at least 4 members (excludes halogenated alkanes) is 1. The van der Waals surface area contributed by atoms with Crippen LogP contribution in [-0.4, -0.2) is 13.6 Å². The topological polar surface area (TPSA) is 12.0 Å². The van der Waals surface area contributed by atoms with Gasteiger partial charge in [-0.1, -0.05) is 6.07 Å². The van der Waals surface area contributed by atoms with Crippen LogP contribution in [0.4, 0.5) is 8.78 Å². The van der Waals surface area contributed by atoms with Gasteiger partial charge in [0.2, 0.25) is 0 Å². The standard InChI is InChI=1S/C12H17F2N/c1-9-7-10(5-3-4-6-15-2)12(14)8-11(9)13/h7-8,15H,3-6H2,1-2H3. The summed E-state index contributed by atoms with van der Waals surface area (Å²) in [6.45, 7) is 2.59. The highest BCUT2D eigenvalue weighted by molar-refractivity contribution is 5.25. The molecule has 15 heavy (non-hydrogen) atoms. The minimum Gasteiger partial charge on any atom is -0.320 e. The van der Waals surface area contributed by atoms with E-state index >= 15 is 0 Å². The molecule has 0 unspecified atom stereocenters. The lowest BCUT2D eigenvalue weighted by molar-refractivity contribution is 0.561. The average Bonchev–Trinajstić information content (AvgIpc) is 2.20. The van der Waals surface area contributed by atoms with Gasteiger partial charge < -0.3 is 5.32 Å². The third kappa shape index (κ3) is 3.59. The Hall–Kier alpha value is -0.960. The van der Waals surface area contributed by atoms with E-state index in [0.717, 1.165) is 25.5 Å². The van der Waals surface area contributed by atoms with Crippen molar-refractivity contribution in [3.8, 4) is 0 Å². The maximum absolute atomic E-state index is 13.3. The third-order valence-electron chi connectivity index (χ3n) is 2.45. The molecule has 0 bridgehead atoms. The molecular formula is C12H17F2N. The predicted molar refractivity (Wildman–Crippen MR) is 58.0 cm³/mol. The van der Waals surface area contributed by atoms with E-state index in [2.05, 4.69) is 5.32 Å². The van der Waals surface area contributed by atoms with Crippen LogP contribution in [0, 0.1) is 18.6 Å². The van der Waals surface area contributed by atoms with Crippen LogP contribution < -0.4 is 5.32 Å². The summed E-state index contributed by atoms with van der Waals surface area (Å²) in [5, 5.41) is 3.04. The van der Waals surface area contributed by atoms with Crippen molar-refractivity contribution in [1.29, 1.82) is 0 Å². The zero-order chi connectivity index (χ0) is 11.3. The first-order chi connectivity index (χ1) is 7.15. The number of nitrogens with one attached hydrogen (secondary N) is 1. The highest BCUT2D eigenvalue weighted by Crippen LogP contribution is 2.16. The average molecular weight is 213 g/mol. The molecule has 0 saturated heterocycles. The molecule has 0 aromatic heterocycles. The maximum atomic E-state index is 13.3. The molecule has 1 N–H and O–H groups in total. The zero-order valence-electron chi connectivity index (χ0n) is 9.24. The zero-order valence-corrected chi connectivity index (χ0v) is 9.24. The lowest BCUT2D eigenvalue weighted by atomic mass is 10.0. The molecule has 0 spiro atoms. The number of halogens is 2. The normalized spacial score (nSPS) is 10.7. The molecule has 0 radical (unpaired) electrons. The fraction of sp³-hybridized carbons (Fsp3) is 0.500. The Kier molecular flexibility index (Phi) is 4.69. The molecule has 1 aromatic carbocycles. The summed E-state index contributed by atoms with van der Waals surface area (Å²) in [6, 6.07) is 2.58. The van der Waals surface area contributed by atoms with Gasteiger partial charge in [0, 0.05) is 6.07 Å². The van der Waals surface area contributed by atoms with Gasteiger partial charge in [-0.25, -0.2) is 8.78 Å². The SMILES string of the molecule is CNCCCCc1cc(C)c(F)cc1F. The minimum atomic E-state index is -0.466. The quantitative estimate of drug-likeness (QED) is 0.742. The van der Waals surface area contributed by atoms with E-state index in [9.17, 15) is 8.78 Å². The Balaban J connectivity index is 2.57. The van der Waals surface area contributed by atoms with E-state index in [4.69, 9.17) is 0 Å². The number of benzene rings is 1. The van der Waals surface area contributed by atoms with Crippen molar-refractivity contribution >= 4 is 0 Å². The number of rotatable bonds is 5. The minimum absolute atomic E-state index is 0.428. The van der Waals surface area contributed by atoms with Crippen molar-refractivity contribution in [2.24, 2.45) is 0 Å². The Bertz CT molecular complexity index is 324. The van der Waals surface area contributed by atoms with E-state index in [0.29, 0.717) is 17.5 Å². The Labute approximate surface area is 89.5 Å². The van der Waals surface area contributed by atoms with Crippen LogP contribution in [0.15, 0.2) is 12.1 Å². The summed E-state index contributed by atoms with van der Waals surface area (Å²) in [6.07, 6.45) is 2.60. The monoisotopic (exact) mass is 213 g/mol. The van der Waals surface area contributed by atoms with Crippen LogP contribution in [0.25, 0.3) is 0 Å². The van der Waals surface area contributed by atoms with Crippen LogP contribution in [0.5, 0.6) is 0 Å². The molecular weight excluding hydrogens is 196 g/mol. The second-order valence-corrected chi connectivity index (χ2v) is 3.75. The van der Waals surface area contributed by atoms with Gasteiger partial charge in [-0.05, 0) is 50.9 Å². The predicted octanol–water partition coefficient (Wildman–Crippen LogP) is 2.82. The fourth-order valence-electron chi connectivity index (χ4n) is 1.53. The van der Waals surface area contributed by atoms with E-state index < -0.39 is 11.6 Å². The molecule has 84 valence electrons. The molecule has 3 heteroatoms. The first-order valence-corrected chi connectivity index (χ1v) is 5.24. The fourth-order valence-corrected chi connectivity index (χ4v) is 1.53. The summed E-state index contributed by atoms with van der Waals surface area (Å²) in [7, 11) is 1.89. The highest BCUT2D eigenvalue weighted by atomic mass is 19.1. The number of hydrogen-bond donors (Lipinski definition) is 1. The summed E-state index contributed by atoms with van der Waals surface area (Å²) in [4.78, 5) is 0. The Morgan fingerprint density at radius 3 is 2.53 bits per heavy atom. The van der Waals surface area contributed by atoms with Crippen LogP contribution in [0.2, 0.25) is 0 Å². The van der Waals surface area contributed by atoms with Gasteiger partial charge >= 0.3 is 0 Å². The van der Waals surface area contributed by atoms with Crippen molar-refractivity contribution in [1.82, 2.24) is 5.32 Å². The van der Waals surface area contributed by atoms with Crippen LogP contribution >= 0.6 is 0 Å². The second-order valence-electron chi connectivity index (χ2n) is 3.75. The molecule has 0 aliphatic carbocycles. The van der Waals surface area contributed by atoms with Gasteiger partial charge in [0.15, 0.2) is 0 Å². The first-order valence-electron chi connectivity index (χ1n) is 5.24. The summed E-state index contributed by atoms with van der Waals surface area (Å²) in [5.74, 6) is -0.894. The number of aryl methyl sites for hydroxylation is 2. The van der Waals surface area contributed by atoms with Crippen molar-refractivity contribution in [3.63, 3.8) is 0 Å². The first kappa shape index (κ1) is 12.1. The third-order valence-corrected chi connectivity index (χ3v) is 2.45. The van der Waals surface area contributed by atoms with Crippen LogP contribution in [0.1, 0.15) is 24.0 Å². The van der Waals surface area contributed by atoms with Gasteiger partial charge in [-0.3, -0.25) is 0 Å². The lowest BCUT2D eigenvalue weighted by Gasteiger charge is -2.05. The van der Waals surface area contributed by atoms with Gasteiger partial charge in [0.05, 0.1) is 0 Å². The molecule has 0 fully saturated rings. The van der Waals surface area contributed by atoms with E-state index in [1.807, 2.05) is 7.05 Å². The molecule has 0 heterocycles. The maximum Gasteiger partial charge on any atom is 0.129 e. The van der Waals surface area contributed by atoms with E-state index in [1.165, 1.54) is 0 Å². The largest absolute Gasteiger partial charge is 0.320 e. The van der Waals surface area contributed by atoms with Crippen molar-refractivity contribution in [3.05, 3.63) is 34.9 Å². The molecule has 1 nitrogen and oxygen atoms in total. The van der Waals surface area contributed by atoms with Gasteiger partial charge in [-0.15, -0.1) is 0 Å². The Morgan fingerprint density at radius 1 is 1.13 bits per heavy atom. The smallest absolute Gasteiger partial charge is 0.129 e. The van der Waals surface area contributed by atoms with Gasteiger partial charge in [0.25, 0.3) is 0 Å². The Morgan fingerprint density at radius 2 is 1.87 bits per heavy atom. The highest BCUT2D eigenvalue weighted by Gasteiger charge is 2.06. The van der Waals surface area contributed by atoms with Gasteiger partial charge in [0.1, 0.15) is 11.6 Å². The molecule has 0 aliphatic rings. The molecule has 1 rings (SSSR count). The van der Waals surface area contributed by atoms with Crippen LogP contribution in [-0.2, 0) is 6.42 Å². The molecule has 0 atom stereocenters. The lowest BCUT2D eigenvalue weighted by Crippen LogP contribution is -2.07. The van der Waals surface area contributed by atoms with Crippen molar-refractivity contribution < 1.29 is 8.78 Å². The van der Waals surface area contributed by atoms with Crippen LogP contribution in [0.3, 0.4) is 0 Å². The van der Waals surface area contributed by atoms with Gasteiger partial charge in [-0.2, -0.15) is 0 Å². The summed E-state index contributed by atoms with van der Waals surface area (Å²) in [5.41, 5.74) is 1.13. The molecule has 1 aromatic rings. The van der Waals surface area contributed by atoms with E-state index in [-0.39, 0.29) is 0 Å². The van der Waals surface area contributed by atoms with Crippen molar-refractivity contribution in [2.75, 3.05) is 13.6 Å². The second kappa shape index (κ2) is 5.81. The molecule has 0 aliphatic heterocycles. The summed E-state index contributed by atoms with van der Waals surface area (Å²) >= 11 is 0. The number of hydrogen-bond acceptors (Lipinski definition) is 1. The van der Waals surface area contributed by atoms with E-state index in [1.54, 1.807) is 13.0 Å². The summed E-state index contributed by atoms with van der Waals surface area (Å²) < 4.78 is 26.2. The molecule has 0 amide bonds. The van der Waals surface area contributed by atoms with Crippen molar-refractivity contribution in [2.45, 2.75) is 26.2 Å². The molecule has 0 saturated carbocycles.